The molecule has 0 spiro atoms. The first-order valence-corrected chi connectivity index (χ1v) is 12.0. The van der Waals surface area contributed by atoms with Crippen molar-refractivity contribution in [1.82, 2.24) is 29.0 Å². The Kier molecular flexibility index (Phi) is 6.13. The second-order valence-electron chi connectivity index (χ2n) is 7.47. The van der Waals surface area contributed by atoms with Crippen LogP contribution in [-0.2, 0) is 23.2 Å². The number of sulfonamides is 1. The maximum atomic E-state index is 14.9. The van der Waals surface area contributed by atoms with E-state index < -0.39 is 40.5 Å². The number of aryl methyl sites for hydroxylation is 2. The molecule has 4 rings (SSSR count). The zero-order valence-corrected chi connectivity index (χ0v) is 19.0. The van der Waals surface area contributed by atoms with E-state index in [-0.39, 0.29) is 34.4 Å². The number of thiazole rings is 1. The summed E-state index contributed by atoms with van der Waals surface area (Å²) in [7, 11) is -2.34. The van der Waals surface area contributed by atoms with Gasteiger partial charge in [-0.2, -0.15) is 22.6 Å². The zero-order valence-electron chi connectivity index (χ0n) is 17.4. The van der Waals surface area contributed by atoms with Crippen LogP contribution in [0.3, 0.4) is 0 Å². The molecule has 33 heavy (non-hydrogen) atoms. The molecule has 0 unspecified atom stereocenters. The van der Waals surface area contributed by atoms with Gasteiger partial charge in [-0.1, -0.05) is 0 Å². The van der Waals surface area contributed by atoms with E-state index in [0.29, 0.717) is 11.2 Å². The Morgan fingerprint density at radius 3 is 2.55 bits per heavy atom. The van der Waals surface area contributed by atoms with Gasteiger partial charge in [0, 0.05) is 38.7 Å². The highest BCUT2D eigenvalue weighted by atomic mass is 32.2. The molecular formula is C18H19F4N7O2S2. The fourth-order valence-electron chi connectivity index (χ4n) is 3.42. The number of anilines is 1. The van der Waals surface area contributed by atoms with Crippen molar-refractivity contribution in [1.29, 1.82) is 0 Å². The van der Waals surface area contributed by atoms with Gasteiger partial charge in [0.1, 0.15) is 16.6 Å². The number of halogens is 4. The molecule has 1 fully saturated rings. The minimum absolute atomic E-state index is 0.0108. The number of nitrogens with zero attached hydrogens (tertiary/aromatic N) is 6. The van der Waals surface area contributed by atoms with Crippen LogP contribution in [0, 0.1) is 6.92 Å². The number of alkyl halides is 4. The maximum absolute atomic E-state index is 14.9. The highest BCUT2D eigenvalue weighted by Gasteiger charge is 2.38. The lowest BCUT2D eigenvalue weighted by atomic mass is 10.1. The SMILES string of the molecule is Cc1ncc(-c2nc(N[C@H]3CCN(S(=O)(=O)c4cnn(C)c4)C[C@H]3F)ncc2C(F)(F)F)s1. The molecule has 0 amide bonds. The molecule has 0 aliphatic carbocycles. The average Bonchev–Trinajstić information content (AvgIpc) is 3.37. The Bertz CT molecular complexity index is 1260. The monoisotopic (exact) mass is 505 g/mol. The summed E-state index contributed by atoms with van der Waals surface area (Å²) in [5, 5.41) is 7.12. The van der Waals surface area contributed by atoms with Gasteiger partial charge in [-0.3, -0.25) is 4.68 Å². The van der Waals surface area contributed by atoms with E-state index in [0.717, 1.165) is 15.6 Å². The largest absolute Gasteiger partial charge is 0.420 e. The van der Waals surface area contributed by atoms with Crippen molar-refractivity contribution in [3.05, 3.63) is 35.4 Å². The molecule has 1 N–H and O–H groups in total. The third kappa shape index (κ3) is 4.84. The Hall–Kier alpha value is -2.65. The first-order valence-electron chi connectivity index (χ1n) is 9.71. The molecule has 15 heteroatoms. The molecule has 178 valence electrons. The molecule has 0 aromatic carbocycles. The van der Waals surface area contributed by atoms with Gasteiger partial charge in [-0.25, -0.2) is 27.8 Å². The second-order valence-corrected chi connectivity index (χ2v) is 10.6. The third-order valence-electron chi connectivity index (χ3n) is 5.09. The minimum atomic E-state index is -4.68. The van der Waals surface area contributed by atoms with Crippen LogP contribution < -0.4 is 5.32 Å². The number of piperidine rings is 1. The van der Waals surface area contributed by atoms with Crippen molar-refractivity contribution in [2.24, 2.45) is 7.05 Å². The Morgan fingerprint density at radius 2 is 1.97 bits per heavy atom. The van der Waals surface area contributed by atoms with Gasteiger partial charge < -0.3 is 5.32 Å². The first kappa shape index (κ1) is 23.5. The molecule has 0 radical (unpaired) electrons. The first-order chi connectivity index (χ1) is 15.4. The van der Waals surface area contributed by atoms with Crippen LogP contribution in [0.25, 0.3) is 10.6 Å². The van der Waals surface area contributed by atoms with E-state index in [1.54, 1.807) is 14.0 Å². The summed E-state index contributed by atoms with van der Waals surface area (Å²) in [6.45, 7) is 1.25. The van der Waals surface area contributed by atoms with Gasteiger partial charge in [-0.05, 0) is 13.3 Å². The van der Waals surface area contributed by atoms with Crippen LogP contribution in [0.15, 0.2) is 29.7 Å². The molecular weight excluding hydrogens is 486 g/mol. The summed E-state index contributed by atoms with van der Waals surface area (Å²) in [6, 6.07) is -0.877. The number of aromatic nitrogens is 5. The van der Waals surface area contributed by atoms with Gasteiger partial charge in [0.2, 0.25) is 16.0 Å². The van der Waals surface area contributed by atoms with E-state index in [4.69, 9.17) is 0 Å². The highest BCUT2D eigenvalue weighted by molar-refractivity contribution is 7.89. The Balaban J connectivity index is 1.53. The van der Waals surface area contributed by atoms with Crippen LogP contribution in [0.4, 0.5) is 23.5 Å². The molecule has 2 atom stereocenters. The summed E-state index contributed by atoms with van der Waals surface area (Å²) >= 11 is 1.05. The highest BCUT2D eigenvalue weighted by Crippen LogP contribution is 2.38. The van der Waals surface area contributed by atoms with Crippen molar-refractivity contribution in [3.63, 3.8) is 0 Å². The van der Waals surface area contributed by atoms with E-state index in [1.807, 2.05) is 0 Å². The van der Waals surface area contributed by atoms with Crippen LogP contribution >= 0.6 is 11.3 Å². The van der Waals surface area contributed by atoms with Crippen molar-refractivity contribution < 1.29 is 26.0 Å². The summed E-state index contributed by atoms with van der Waals surface area (Å²) in [5.41, 5.74) is -1.37. The number of hydrogen-bond donors (Lipinski definition) is 1. The smallest absolute Gasteiger partial charge is 0.348 e. The van der Waals surface area contributed by atoms with Crippen molar-refractivity contribution in [2.45, 2.75) is 36.6 Å². The molecule has 0 saturated carbocycles. The summed E-state index contributed by atoms with van der Waals surface area (Å²) in [5.74, 6) is -0.180. The summed E-state index contributed by atoms with van der Waals surface area (Å²) in [6.07, 6.45) is -1.79. The van der Waals surface area contributed by atoms with Crippen molar-refractivity contribution >= 4 is 27.3 Å². The molecule has 1 saturated heterocycles. The molecule has 9 nitrogen and oxygen atoms in total. The topological polar surface area (TPSA) is 106 Å². The van der Waals surface area contributed by atoms with Crippen molar-refractivity contribution in [3.8, 4) is 10.6 Å². The molecule has 1 aliphatic heterocycles. The second kappa shape index (κ2) is 8.61. The Morgan fingerprint density at radius 1 is 1.21 bits per heavy atom. The Labute approximate surface area is 190 Å². The lowest BCUT2D eigenvalue weighted by Gasteiger charge is -2.34. The minimum Gasteiger partial charge on any atom is -0.348 e. The summed E-state index contributed by atoms with van der Waals surface area (Å²) < 4.78 is 83.0. The average molecular weight is 506 g/mol. The van der Waals surface area contributed by atoms with Gasteiger partial charge in [0.25, 0.3) is 0 Å². The zero-order chi connectivity index (χ0) is 24.0. The lowest BCUT2D eigenvalue weighted by Crippen LogP contribution is -2.50. The fourth-order valence-corrected chi connectivity index (χ4v) is 5.65. The van der Waals surface area contributed by atoms with E-state index >= 15 is 0 Å². The molecule has 1 aliphatic rings. The number of hydrogen-bond acceptors (Lipinski definition) is 8. The van der Waals surface area contributed by atoms with Gasteiger partial charge in [0.05, 0.1) is 27.8 Å². The van der Waals surface area contributed by atoms with E-state index in [9.17, 15) is 26.0 Å². The quantitative estimate of drug-likeness (QED) is 0.532. The van der Waals surface area contributed by atoms with Gasteiger partial charge in [0.15, 0.2) is 0 Å². The van der Waals surface area contributed by atoms with Crippen LogP contribution in [0.1, 0.15) is 17.0 Å². The predicted molar refractivity (Wildman–Crippen MR) is 112 cm³/mol. The molecule has 0 bridgehead atoms. The van der Waals surface area contributed by atoms with Crippen LogP contribution in [0.2, 0.25) is 0 Å². The number of nitrogens with one attached hydrogen (secondary N) is 1. The molecule has 3 aromatic rings. The normalized spacial score (nSPS) is 20.2. The van der Waals surface area contributed by atoms with E-state index in [2.05, 4.69) is 25.4 Å². The molecule has 4 heterocycles. The van der Waals surface area contributed by atoms with Gasteiger partial charge in [-0.15, -0.1) is 11.3 Å². The fraction of sp³-hybridized carbons (Fsp3) is 0.444. The van der Waals surface area contributed by atoms with Gasteiger partial charge >= 0.3 is 6.18 Å². The van der Waals surface area contributed by atoms with Crippen LogP contribution in [0.5, 0.6) is 0 Å². The maximum Gasteiger partial charge on any atom is 0.420 e. The van der Waals surface area contributed by atoms with Crippen LogP contribution in [-0.4, -0.2) is 62.8 Å². The number of rotatable bonds is 5. The molecule has 3 aromatic heterocycles. The predicted octanol–water partition coefficient (Wildman–Crippen LogP) is 2.87. The third-order valence-corrected chi connectivity index (χ3v) is 7.82. The van der Waals surface area contributed by atoms with Crippen molar-refractivity contribution in [2.75, 3.05) is 18.4 Å². The lowest BCUT2D eigenvalue weighted by molar-refractivity contribution is -0.137. The standard InChI is InChI=1S/C18H19F4N7O2S2/c1-10-23-7-15(32-10)16-12(18(20,21)22)6-24-17(27-16)26-14-3-4-29(9-13(14)19)33(30,31)11-5-25-28(2)8-11/h5-8,13-14H,3-4,9H2,1-2H3,(H,24,26,27)/t13-,14+/m1/s1. The van der Waals surface area contributed by atoms with E-state index in [1.165, 1.54) is 23.3 Å². The summed E-state index contributed by atoms with van der Waals surface area (Å²) in [4.78, 5) is 11.8.